The normalized spacial score (nSPS) is 19.5. The van der Waals surface area contributed by atoms with Crippen molar-refractivity contribution in [1.82, 2.24) is 9.80 Å². The van der Waals surface area contributed by atoms with E-state index in [4.69, 9.17) is 9.15 Å². The van der Waals surface area contributed by atoms with Crippen molar-refractivity contribution in [2.24, 2.45) is 0 Å². The number of aliphatic hydroxyl groups excluding tert-OH is 1. The van der Waals surface area contributed by atoms with E-state index in [1.165, 1.54) is 0 Å². The van der Waals surface area contributed by atoms with Crippen LogP contribution in [0.4, 0.5) is 0 Å². The van der Waals surface area contributed by atoms with Crippen LogP contribution in [0.25, 0.3) is 0 Å². The molecule has 1 amide bonds. The number of hydrogen-bond acceptors (Lipinski definition) is 6. The first kappa shape index (κ1) is 21.2. The van der Waals surface area contributed by atoms with E-state index in [2.05, 4.69) is 4.90 Å². The van der Waals surface area contributed by atoms with Gasteiger partial charge in [0.2, 0.25) is 5.78 Å². The number of likely N-dealkylation sites (tertiary alicyclic amines) is 1. The summed E-state index contributed by atoms with van der Waals surface area (Å²) in [5.41, 5.74) is 0.769. The minimum absolute atomic E-state index is 0.0504. The minimum Gasteiger partial charge on any atom is -0.503 e. The summed E-state index contributed by atoms with van der Waals surface area (Å²) in [6, 6.07) is 9.90. The van der Waals surface area contributed by atoms with Crippen molar-refractivity contribution in [3.63, 3.8) is 0 Å². The molecule has 1 N–H and O–H groups in total. The van der Waals surface area contributed by atoms with Crippen LogP contribution in [0.1, 0.15) is 47.7 Å². The SMILES string of the molecule is CCOc1cccc(C2C(C(=O)c3ccc(C)o3)=C(O)C(=O)N2CCN2CCCC2)c1. The Morgan fingerprint density at radius 3 is 2.65 bits per heavy atom. The maximum absolute atomic E-state index is 13.3. The van der Waals surface area contributed by atoms with E-state index in [0.717, 1.165) is 31.5 Å². The highest BCUT2D eigenvalue weighted by molar-refractivity contribution is 6.15. The Balaban J connectivity index is 1.71. The number of aliphatic hydroxyl groups is 1. The first-order valence-corrected chi connectivity index (χ1v) is 10.8. The van der Waals surface area contributed by atoms with Gasteiger partial charge in [0.05, 0.1) is 18.2 Å². The molecule has 1 unspecified atom stereocenters. The number of ketones is 1. The molecule has 0 spiro atoms. The van der Waals surface area contributed by atoms with Gasteiger partial charge >= 0.3 is 0 Å². The number of amides is 1. The predicted molar refractivity (Wildman–Crippen MR) is 115 cm³/mol. The average Bonchev–Trinajstić information content (AvgIpc) is 3.48. The standard InChI is InChI=1S/C24H28N2O5/c1-3-30-18-8-6-7-17(15-18)21-20(22(27)19-10-9-16(2)31-19)23(28)24(29)26(21)14-13-25-11-4-5-12-25/h6-10,15,21,28H,3-5,11-14H2,1-2H3. The molecular weight excluding hydrogens is 396 g/mol. The number of aryl methyl sites for hydroxylation is 1. The third kappa shape index (κ3) is 4.23. The molecule has 3 heterocycles. The van der Waals surface area contributed by atoms with Gasteiger partial charge in [0.1, 0.15) is 11.5 Å². The monoisotopic (exact) mass is 424 g/mol. The van der Waals surface area contributed by atoms with Crippen LogP contribution in [-0.4, -0.2) is 59.4 Å². The molecule has 2 aromatic rings. The fourth-order valence-electron chi connectivity index (χ4n) is 4.35. The number of Topliss-reactive ketones (excluding diaryl/α,β-unsaturated/α-hetero) is 1. The van der Waals surface area contributed by atoms with Gasteiger partial charge in [-0.2, -0.15) is 0 Å². The summed E-state index contributed by atoms with van der Waals surface area (Å²) in [5.74, 6) is -0.161. The van der Waals surface area contributed by atoms with Gasteiger partial charge in [-0.05, 0) is 69.6 Å². The van der Waals surface area contributed by atoms with Crippen molar-refractivity contribution >= 4 is 11.7 Å². The summed E-state index contributed by atoms with van der Waals surface area (Å²) in [6.45, 7) is 7.27. The zero-order valence-corrected chi connectivity index (χ0v) is 18.0. The lowest BCUT2D eigenvalue weighted by molar-refractivity contribution is -0.129. The van der Waals surface area contributed by atoms with Crippen molar-refractivity contribution < 1.29 is 23.8 Å². The van der Waals surface area contributed by atoms with Crippen LogP contribution in [0.5, 0.6) is 5.75 Å². The van der Waals surface area contributed by atoms with E-state index >= 15 is 0 Å². The van der Waals surface area contributed by atoms with Gasteiger partial charge in [0.25, 0.3) is 5.91 Å². The highest BCUT2D eigenvalue weighted by Crippen LogP contribution is 2.40. The fraction of sp³-hybridized carbons (Fsp3) is 0.417. The lowest BCUT2D eigenvalue weighted by atomic mass is 9.95. The Morgan fingerprint density at radius 2 is 1.97 bits per heavy atom. The number of nitrogens with zero attached hydrogens (tertiary/aromatic N) is 2. The zero-order valence-electron chi connectivity index (χ0n) is 18.0. The highest BCUT2D eigenvalue weighted by Gasteiger charge is 2.44. The molecule has 7 nitrogen and oxygen atoms in total. The van der Waals surface area contributed by atoms with Gasteiger partial charge in [0, 0.05) is 13.1 Å². The highest BCUT2D eigenvalue weighted by atomic mass is 16.5. The van der Waals surface area contributed by atoms with Gasteiger partial charge in [-0.25, -0.2) is 0 Å². The number of carbonyl (C=O) groups is 2. The second-order valence-corrected chi connectivity index (χ2v) is 7.96. The van der Waals surface area contributed by atoms with Crippen molar-refractivity contribution in [3.8, 4) is 5.75 Å². The molecule has 2 aliphatic rings. The Bertz CT molecular complexity index is 1000. The Kier molecular flexibility index (Phi) is 6.13. The Labute approximate surface area is 181 Å². The molecule has 7 heteroatoms. The number of rotatable bonds is 8. The van der Waals surface area contributed by atoms with E-state index in [1.54, 1.807) is 24.0 Å². The molecule has 164 valence electrons. The molecule has 0 radical (unpaired) electrons. The molecule has 1 atom stereocenters. The fourth-order valence-corrected chi connectivity index (χ4v) is 4.35. The van der Waals surface area contributed by atoms with E-state index in [1.807, 2.05) is 31.2 Å². The molecule has 1 aromatic heterocycles. The molecule has 4 rings (SSSR count). The van der Waals surface area contributed by atoms with Crippen molar-refractivity contribution in [3.05, 3.63) is 64.8 Å². The number of ether oxygens (including phenoxy) is 1. The average molecular weight is 424 g/mol. The third-order valence-electron chi connectivity index (χ3n) is 5.85. The largest absolute Gasteiger partial charge is 0.503 e. The summed E-state index contributed by atoms with van der Waals surface area (Å²) in [4.78, 5) is 30.2. The summed E-state index contributed by atoms with van der Waals surface area (Å²) < 4.78 is 11.1. The summed E-state index contributed by atoms with van der Waals surface area (Å²) in [7, 11) is 0. The van der Waals surface area contributed by atoms with Crippen molar-refractivity contribution in [2.75, 3.05) is 32.8 Å². The van der Waals surface area contributed by atoms with Crippen LogP contribution in [0.3, 0.4) is 0 Å². The summed E-state index contributed by atoms with van der Waals surface area (Å²) in [5, 5.41) is 10.7. The van der Waals surface area contributed by atoms with Crippen LogP contribution in [0.15, 0.2) is 52.1 Å². The molecule has 0 aliphatic carbocycles. The lowest BCUT2D eigenvalue weighted by Crippen LogP contribution is -2.37. The third-order valence-corrected chi connectivity index (χ3v) is 5.85. The van der Waals surface area contributed by atoms with E-state index in [-0.39, 0.29) is 11.3 Å². The second-order valence-electron chi connectivity index (χ2n) is 7.96. The number of benzene rings is 1. The van der Waals surface area contributed by atoms with E-state index < -0.39 is 23.5 Å². The van der Waals surface area contributed by atoms with Gasteiger partial charge in [0.15, 0.2) is 11.5 Å². The molecule has 0 saturated carbocycles. The molecule has 2 aliphatic heterocycles. The van der Waals surface area contributed by atoms with Crippen molar-refractivity contribution in [2.45, 2.75) is 32.7 Å². The zero-order chi connectivity index (χ0) is 22.0. The van der Waals surface area contributed by atoms with Crippen LogP contribution >= 0.6 is 0 Å². The van der Waals surface area contributed by atoms with Crippen LogP contribution in [0, 0.1) is 6.92 Å². The first-order valence-electron chi connectivity index (χ1n) is 10.8. The maximum atomic E-state index is 13.3. The molecule has 31 heavy (non-hydrogen) atoms. The quantitative estimate of drug-likeness (QED) is 0.651. The second kappa shape index (κ2) is 8.98. The number of carbonyl (C=O) groups excluding carboxylic acids is 2. The van der Waals surface area contributed by atoms with Gasteiger partial charge in [-0.1, -0.05) is 12.1 Å². The number of furan rings is 1. The predicted octanol–water partition coefficient (Wildman–Crippen LogP) is 3.66. The smallest absolute Gasteiger partial charge is 0.290 e. The van der Waals surface area contributed by atoms with Crippen LogP contribution in [-0.2, 0) is 4.79 Å². The lowest BCUT2D eigenvalue weighted by Gasteiger charge is -2.28. The van der Waals surface area contributed by atoms with Gasteiger partial charge < -0.3 is 24.1 Å². The first-order chi connectivity index (χ1) is 15.0. The Morgan fingerprint density at radius 1 is 1.19 bits per heavy atom. The van der Waals surface area contributed by atoms with E-state index in [0.29, 0.717) is 31.2 Å². The minimum atomic E-state index is -0.701. The van der Waals surface area contributed by atoms with Crippen LogP contribution < -0.4 is 4.74 Å². The van der Waals surface area contributed by atoms with Crippen molar-refractivity contribution in [1.29, 1.82) is 0 Å². The maximum Gasteiger partial charge on any atom is 0.290 e. The molecule has 0 bridgehead atoms. The molecule has 1 fully saturated rings. The summed E-state index contributed by atoms with van der Waals surface area (Å²) >= 11 is 0. The van der Waals surface area contributed by atoms with Gasteiger partial charge in [-0.3, -0.25) is 9.59 Å². The molecular formula is C24H28N2O5. The van der Waals surface area contributed by atoms with E-state index in [9.17, 15) is 14.7 Å². The summed E-state index contributed by atoms with van der Waals surface area (Å²) in [6.07, 6.45) is 2.30. The molecule has 1 saturated heterocycles. The topological polar surface area (TPSA) is 83.2 Å². The Hall–Kier alpha value is -3.06. The van der Waals surface area contributed by atoms with Gasteiger partial charge in [-0.15, -0.1) is 0 Å². The van der Waals surface area contributed by atoms with Crippen LogP contribution in [0.2, 0.25) is 0 Å². The number of hydrogen-bond donors (Lipinski definition) is 1. The molecule has 1 aromatic carbocycles.